The fraction of sp³-hybridized carbons (Fsp3) is 1.00. The molecule has 0 saturated carbocycles. The SMILES string of the molecule is CC(C)CO[PH](=O)C(C)C. The zero-order valence-electron chi connectivity index (χ0n) is 7.18. The predicted octanol–water partition coefficient (Wildman–Crippen LogP) is 2.54. The lowest BCUT2D eigenvalue weighted by Crippen LogP contribution is -1.99. The van der Waals surface area contributed by atoms with Crippen molar-refractivity contribution in [2.75, 3.05) is 6.61 Å². The first kappa shape index (κ1) is 10.2. The van der Waals surface area contributed by atoms with Crippen molar-refractivity contribution in [3.63, 3.8) is 0 Å². The summed E-state index contributed by atoms with van der Waals surface area (Å²) in [6, 6.07) is 0. The first-order valence-corrected chi connectivity index (χ1v) is 5.10. The predicted molar refractivity (Wildman–Crippen MR) is 44.9 cm³/mol. The molecule has 0 aromatic heterocycles. The van der Waals surface area contributed by atoms with Crippen LogP contribution in [0.5, 0.6) is 0 Å². The Bertz CT molecular complexity index is 110. The van der Waals surface area contributed by atoms with E-state index in [1.54, 1.807) is 0 Å². The van der Waals surface area contributed by atoms with E-state index in [9.17, 15) is 4.57 Å². The first-order chi connectivity index (χ1) is 4.54. The molecular weight excluding hydrogens is 147 g/mol. The molecule has 0 bridgehead atoms. The van der Waals surface area contributed by atoms with Gasteiger partial charge < -0.3 is 4.52 Å². The summed E-state index contributed by atoms with van der Waals surface area (Å²) in [5.74, 6) is 0.479. The maximum Gasteiger partial charge on any atom is 0.194 e. The molecule has 0 fully saturated rings. The Balaban J connectivity index is 3.40. The van der Waals surface area contributed by atoms with Crippen molar-refractivity contribution in [3.8, 4) is 0 Å². The molecule has 0 spiro atoms. The average molecular weight is 164 g/mol. The second-order valence-electron chi connectivity index (χ2n) is 3.18. The van der Waals surface area contributed by atoms with Crippen molar-refractivity contribution in [2.24, 2.45) is 5.92 Å². The minimum Gasteiger partial charge on any atom is -0.330 e. The highest BCUT2D eigenvalue weighted by atomic mass is 31.1. The van der Waals surface area contributed by atoms with Crippen LogP contribution < -0.4 is 0 Å². The van der Waals surface area contributed by atoms with Gasteiger partial charge in [-0.2, -0.15) is 0 Å². The molecule has 0 aliphatic rings. The largest absolute Gasteiger partial charge is 0.330 e. The molecule has 1 atom stereocenters. The third-order valence-corrected chi connectivity index (χ3v) is 2.42. The van der Waals surface area contributed by atoms with Gasteiger partial charge in [-0.15, -0.1) is 0 Å². The maximum absolute atomic E-state index is 11.0. The Morgan fingerprint density at radius 3 is 2.10 bits per heavy atom. The highest BCUT2D eigenvalue weighted by molar-refractivity contribution is 7.39. The zero-order chi connectivity index (χ0) is 8.15. The molecule has 10 heavy (non-hydrogen) atoms. The van der Waals surface area contributed by atoms with Crippen LogP contribution in [-0.2, 0) is 9.09 Å². The molecule has 3 heteroatoms. The topological polar surface area (TPSA) is 26.3 Å². The third kappa shape index (κ3) is 5.01. The smallest absolute Gasteiger partial charge is 0.194 e. The lowest BCUT2D eigenvalue weighted by Gasteiger charge is -2.08. The molecule has 0 rings (SSSR count). The highest BCUT2D eigenvalue weighted by Crippen LogP contribution is 2.28. The van der Waals surface area contributed by atoms with E-state index in [0.29, 0.717) is 12.5 Å². The van der Waals surface area contributed by atoms with Gasteiger partial charge in [0.2, 0.25) is 0 Å². The van der Waals surface area contributed by atoms with Gasteiger partial charge in [0.1, 0.15) is 0 Å². The third-order valence-electron chi connectivity index (χ3n) is 1.03. The van der Waals surface area contributed by atoms with Crippen LogP contribution in [0.3, 0.4) is 0 Å². The van der Waals surface area contributed by atoms with Gasteiger partial charge in [-0.3, -0.25) is 4.57 Å². The molecule has 0 aromatic carbocycles. The minimum atomic E-state index is -1.75. The van der Waals surface area contributed by atoms with Crippen LogP contribution in [0.2, 0.25) is 0 Å². The summed E-state index contributed by atoms with van der Waals surface area (Å²) in [6.45, 7) is 8.56. The quantitative estimate of drug-likeness (QED) is 0.597. The van der Waals surface area contributed by atoms with Crippen molar-refractivity contribution in [1.29, 1.82) is 0 Å². The molecule has 0 radical (unpaired) electrons. The summed E-state index contributed by atoms with van der Waals surface area (Å²) >= 11 is 0. The van der Waals surface area contributed by atoms with E-state index in [2.05, 4.69) is 13.8 Å². The van der Waals surface area contributed by atoms with Gasteiger partial charge in [-0.1, -0.05) is 27.7 Å². The van der Waals surface area contributed by atoms with E-state index >= 15 is 0 Å². The Morgan fingerprint density at radius 1 is 1.30 bits per heavy atom. The molecule has 0 saturated heterocycles. The first-order valence-electron chi connectivity index (χ1n) is 3.70. The molecule has 62 valence electrons. The van der Waals surface area contributed by atoms with Gasteiger partial charge in [0.05, 0.1) is 6.61 Å². The van der Waals surface area contributed by atoms with Gasteiger partial charge in [0.15, 0.2) is 8.03 Å². The van der Waals surface area contributed by atoms with Crippen LogP contribution in [0.15, 0.2) is 0 Å². The Kier molecular flexibility index (Phi) is 5.02. The fourth-order valence-electron chi connectivity index (χ4n) is 0.415. The summed E-state index contributed by atoms with van der Waals surface area (Å²) in [4.78, 5) is 0. The summed E-state index contributed by atoms with van der Waals surface area (Å²) in [6.07, 6.45) is 0. The zero-order valence-corrected chi connectivity index (χ0v) is 8.18. The summed E-state index contributed by atoms with van der Waals surface area (Å²) in [7, 11) is -1.75. The molecule has 0 aliphatic heterocycles. The van der Waals surface area contributed by atoms with Gasteiger partial charge >= 0.3 is 0 Å². The average Bonchev–Trinajstić information content (AvgIpc) is 1.82. The molecule has 0 aromatic rings. The van der Waals surface area contributed by atoms with E-state index in [-0.39, 0.29) is 5.66 Å². The van der Waals surface area contributed by atoms with Crippen LogP contribution in [0.25, 0.3) is 0 Å². The van der Waals surface area contributed by atoms with Crippen LogP contribution in [-0.4, -0.2) is 12.3 Å². The fourth-order valence-corrected chi connectivity index (χ4v) is 1.25. The minimum absolute atomic E-state index is 0.184. The molecule has 0 heterocycles. The highest BCUT2D eigenvalue weighted by Gasteiger charge is 2.05. The molecule has 1 unspecified atom stereocenters. The van der Waals surface area contributed by atoms with Crippen LogP contribution >= 0.6 is 8.03 Å². The summed E-state index contributed by atoms with van der Waals surface area (Å²) in [5.41, 5.74) is 0.184. The van der Waals surface area contributed by atoms with Crippen molar-refractivity contribution < 1.29 is 9.09 Å². The van der Waals surface area contributed by atoms with E-state index in [1.165, 1.54) is 0 Å². The van der Waals surface area contributed by atoms with Crippen LogP contribution in [0.1, 0.15) is 27.7 Å². The second kappa shape index (κ2) is 4.92. The summed E-state index contributed by atoms with van der Waals surface area (Å²) in [5, 5.41) is 0. The Labute approximate surface area is 63.8 Å². The molecule has 0 amide bonds. The van der Waals surface area contributed by atoms with E-state index < -0.39 is 8.03 Å². The van der Waals surface area contributed by atoms with Crippen molar-refractivity contribution >= 4 is 8.03 Å². The monoisotopic (exact) mass is 164 g/mol. The second-order valence-corrected chi connectivity index (χ2v) is 5.26. The van der Waals surface area contributed by atoms with Gasteiger partial charge in [-0.25, -0.2) is 0 Å². The molecule has 2 nitrogen and oxygen atoms in total. The normalized spacial score (nSPS) is 14.6. The molecule has 0 aliphatic carbocycles. The standard InChI is InChI=1S/C7H17O2P/c1-6(2)5-9-10(8)7(3)4/h6-7,10H,5H2,1-4H3. The maximum atomic E-state index is 11.0. The van der Waals surface area contributed by atoms with Gasteiger partial charge in [-0.05, 0) is 5.92 Å². The lowest BCUT2D eigenvalue weighted by molar-refractivity contribution is 0.280. The lowest BCUT2D eigenvalue weighted by atomic mass is 10.2. The Morgan fingerprint density at radius 2 is 1.80 bits per heavy atom. The van der Waals surface area contributed by atoms with Gasteiger partial charge in [0.25, 0.3) is 0 Å². The number of hydrogen-bond donors (Lipinski definition) is 0. The van der Waals surface area contributed by atoms with Crippen molar-refractivity contribution in [2.45, 2.75) is 33.4 Å². The van der Waals surface area contributed by atoms with Crippen LogP contribution in [0, 0.1) is 5.92 Å². The summed E-state index contributed by atoms with van der Waals surface area (Å²) < 4.78 is 16.1. The molecule has 0 N–H and O–H groups in total. The van der Waals surface area contributed by atoms with E-state index in [1.807, 2.05) is 13.8 Å². The van der Waals surface area contributed by atoms with Crippen molar-refractivity contribution in [1.82, 2.24) is 0 Å². The molecular formula is C7H17O2P. The van der Waals surface area contributed by atoms with E-state index in [4.69, 9.17) is 4.52 Å². The van der Waals surface area contributed by atoms with E-state index in [0.717, 1.165) is 0 Å². The van der Waals surface area contributed by atoms with Crippen LogP contribution in [0.4, 0.5) is 0 Å². The van der Waals surface area contributed by atoms with Gasteiger partial charge in [0, 0.05) is 5.66 Å². The van der Waals surface area contributed by atoms with Crippen molar-refractivity contribution in [3.05, 3.63) is 0 Å². The Hall–Kier alpha value is 0.190. The number of rotatable bonds is 4. The number of hydrogen-bond acceptors (Lipinski definition) is 2.